The maximum atomic E-state index is 11.8. The van der Waals surface area contributed by atoms with Crippen molar-refractivity contribution in [1.82, 2.24) is 10.6 Å². The van der Waals surface area contributed by atoms with Crippen LogP contribution in [0.4, 0.5) is 4.79 Å². The number of halogens is 1. The molecule has 0 spiro atoms. The second-order valence-corrected chi connectivity index (χ2v) is 5.56. The van der Waals surface area contributed by atoms with E-state index in [0.29, 0.717) is 13.1 Å². The van der Waals surface area contributed by atoms with Gasteiger partial charge in [0.15, 0.2) is 0 Å². The molecule has 23 heavy (non-hydrogen) atoms. The lowest BCUT2D eigenvalue weighted by Gasteiger charge is -2.10. The molecule has 0 fully saturated rings. The van der Waals surface area contributed by atoms with Crippen LogP contribution in [0.25, 0.3) is 0 Å². The van der Waals surface area contributed by atoms with Crippen LogP contribution in [0, 0.1) is 0 Å². The zero-order valence-corrected chi connectivity index (χ0v) is 13.9. The smallest absolute Gasteiger partial charge is 0.314 e. The van der Waals surface area contributed by atoms with Crippen molar-refractivity contribution in [2.24, 2.45) is 0 Å². The molecule has 5 heteroatoms. The number of para-hydroxylation sites is 1. The van der Waals surface area contributed by atoms with Crippen molar-refractivity contribution in [3.05, 3.63) is 64.7 Å². The Bertz CT molecular complexity index is 629. The Morgan fingerprint density at radius 2 is 1.65 bits per heavy atom. The van der Waals surface area contributed by atoms with Gasteiger partial charge in [0, 0.05) is 18.1 Å². The molecule has 2 aromatic rings. The van der Waals surface area contributed by atoms with Gasteiger partial charge in [-0.25, -0.2) is 4.79 Å². The zero-order chi connectivity index (χ0) is 16.5. The lowest BCUT2D eigenvalue weighted by atomic mass is 10.1. The van der Waals surface area contributed by atoms with Crippen molar-refractivity contribution in [2.75, 3.05) is 20.2 Å². The minimum Gasteiger partial charge on any atom is -0.496 e. The van der Waals surface area contributed by atoms with Crippen LogP contribution in [-0.2, 0) is 12.8 Å². The van der Waals surface area contributed by atoms with E-state index in [0.717, 1.165) is 34.7 Å². The van der Waals surface area contributed by atoms with Crippen molar-refractivity contribution in [2.45, 2.75) is 12.8 Å². The number of amides is 2. The molecule has 0 bridgehead atoms. The molecule has 0 heterocycles. The number of urea groups is 1. The third-order valence-corrected chi connectivity index (χ3v) is 3.74. The lowest BCUT2D eigenvalue weighted by Crippen LogP contribution is -2.37. The summed E-state index contributed by atoms with van der Waals surface area (Å²) in [5.74, 6) is 0.845. The zero-order valence-electron chi connectivity index (χ0n) is 13.1. The maximum absolute atomic E-state index is 11.8. The van der Waals surface area contributed by atoms with Gasteiger partial charge in [-0.05, 0) is 42.2 Å². The molecule has 2 N–H and O–H groups in total. The van der Waals surface area contributed by atoms with Gasteiger partial charge in [-0.15, -0.1) is 0 Å². The van der Waals surface area contributed by atoms with Crippen LogP contribution < -0.4 is 15.4 Å². The van der Waals surface area contributed by atoms with Gasteiger partial charge in [0.25, 0.3) is 0 Å². The molecule has 4 nitrogen and oxygen atoms in total. The molecule has 0 saturated carbocycles. The highest BCUT2D eigenvalue weighted by molar-refractivity contribution is 6.30. The number of ether oxygens (including phenoxy) is 1. The van der Waals surface area contributed by atoms with Gasteiger partial charge in [-0.1, -0.05) is 41.9 Å². The Balaban J connectivity index is 1.66. The number of nitrogens with one attached hydrogen (secondary N) is 2. The van der Waals surface area contributed by atoms with Crippen molar-refractivity contribution < 1.29 is 9.53 Å². The number of hydrogen-bond donors (Lipinski definition) is 2. The van der Waals surface area contributed by atoms with Crippen LogP contribution in [0.3, 0.4) is 0 Å². The van der Waals surface area contributed by atoms with E-state index in [1.54, 1.807) is 7.11 Å². The van der Waals surface area contributed by atoms with Crippen LogP contribution in [-0.4, -0.2) is 26.2 Å². The number of rotatable bonds is 7. The third-order valence-electron chi connectivity index (χ3n) is 3.48. The Morgan fingerprint density at radius 1 is 1.00 bits per heavy atom. The monoisotopic (exact) mass is 332 g/mol. The molecular formula is C18H21ClN2O2. The third kappa shape index (κ3) is 5.83. The van der Waals surface area contributed by atoms with Gasteiger partial charge in [0.2, 0.25) is 0 Å². The van der Waals surface area contributed by atoms with Crippen molar-refractivity contribution in [3.8, 4) is 5.75 Å². The van der Waals surface area contributed by atoms with E-state index in [2.05, 4.69) is 10.6 Å². The van der Waals surface area contributed by atoms with Crippen LogP contribution in [0.15, 0.2) is 48.5 Å². The molecule has 2 amide bonds. The Morgan fingerprint density at radius 3 is 2.35 bits per heavy atom. The first-order valence-corrected chi connectivity index (χ1v) is 7.95. The second-order valence-electron chi connectivity index (χ2n) is 5.12. The Labute approximate surface area is 141 Å². The molecule has 0 unspecified atom stereocenters. The number of carbonyl (C=O) groups is 1. The maximum Gasteiger partial charge on any atom is 0.314 e. The minimum absolute atomic E-state index is 0.158. The summed E-state index contributed by atoms with van der Waals surface area (Å²) >= 11 is 5.84. The summed E-state index contributed by atoms with van der Waals surface area (Å²) in [6.07, 6.45) is 1.51. The molecule has 0 aromatic heterocycles. The predicted octanol–water partition coefficient (Wildman–Crippen LogP) is 3.43. The summed E-state index contributed by atoms with van der Waals surface area (Å²) in [7, 11) is 1.65. The van der Waals surface area contributed by atoms with E-state index in [1.807, 2.05) is 48.5 Å². The molecule has 0 aliphatic carbocycles. The number of benzene rings is 2. The van der Waals surface area contributed by atoms with Crippen molar-refractivity contribution >= 4 is 17.6 Å². The van der Waals surface area contributed by atoms with Crippen LogP contribution in [0.1, 0.15) is 11.1 Å². The van der Waals surface area contributed by atoms with Crippen LogP contribution >= 0.6 is 11.6 Å². The summed E-state index contributed by atoms with van der Waals surface area (Å²) in [6, 6.07) is 15.3. The van der Waals surface area contributed by atoms with E-state index >= 15 is 0 Å². The van der Waals surface area contributed by atoms with Crippen LogP contribution in [0.2, 0.25) is 5.02 Å². The number of methoxy groups -OCH3 is 1. The first kappa shape index (κ1) is 17.2. The second kappa shape index (κ2) is 9.06. The normalized spacial score (nSPS) is 10.2. The van der Waals surface area contributed by atoms with Gasteiger partial charge >= 0.3 is 6.03 Å². The molecule has 0 radical (unpaired) electrons. The fraction of sp³-hybridized carbons (Fsp3) is 0.278. The Kier molecular flexibility index (Phi) is 6.76. The fourth-order valence-corrected chi connectivity index (χ4v) is 2.38. The van der Waals surface area contributed by atoms with Gasteiger partial charge in [0.05, 0.1) is 7.11 Å². The highest BCUT2D eigenvalue weighted by Crippen LogP contribution is 2.17. The van der Waals surface area contributed by atoms with E-state index in [1.165, 1.54) is 0 Å². The largest absolute Gasteiger partial charge is 0.496 e. The summed E-state index contributed by atoms with van der Waals surface area (Å²) in [5, 5.41) is 6.42. The van der Waals surface area contributed by atoms with E-state index in [9.17, 15) is 4.79 Å². The Hall–Kier alpha value is -2.20. The number of hydrogen-bond acceptors (Lipinski definition) is 2. The average molecular weight is 333 g/mol. The molecular weight excluding hydrogens is 312 g/mol. The summed E-state index contributed by atoms with van der Waals surface area (Å²) in [6.45, 7) is 1.15. The predicted molar refractivity (Wildman–Crippen MR) is 93.3 cm³/mol. The first-order chi connectivity index (χ1) is 11.2. The molecule has 0 atom stereocenters. The standard InChI is InChI=1S/C18H21ClN2O2/c1-23-17-5-3-2-4-15(17)11-13-21-18(22)20-12-10-14-6-8-16(19)9-7-14/h2-9H,10-13H2,1H3,(H2,20,21,22). The quantitative estimate of drug-likeness (QED) is 0.816. The van der Waals surface area contributed by atoms with Gasteiger partial charge in [0.1, 0.15) is 5.75 Å². The molecule has 2 aromatic carbocycles. The highest BCUT2D eigenvalue weighted by Gasteiger charge is 2.03. The van der Waals surface area contributed by atoms with Crippen molar-refractivity contribution in [3.63, 3.8) is 0 Å². The highest BCUT2D eigenvalue weighted by atomic mass is 35.5. The molecule has 0 saturated heterocycles. The van der Waals surface area contributed by atoms with Gasteiger partial charge in [-0.3, -0.25) is 0 Å². The molecule has 0 aliphatic heterocycles. The van der Waals surface area contributed by atoms with Crippen LogP contribution in [0.5, 0.6) is 5.75 Å². The summed E-state index contributed by atoms with van der Waals surface area (Å²) in [5.41, 5.74) is 2.22. The fourth-order valence-electron chi connectivity index (χ4n) is 2.25. The molecule has 122 valence electrons. The molecule has 2 rings (SSSR count). The molecule has 0 aliphatic rings. The SMILES string of the molecule is COc1ccccc1CCNC(=O)NCCc1ccc(Cl)cc1. The average Bonchev–Trinajstić information content (AvgIpc) is 2.57. The van der Waals surface area contributed by atoms with E-state index in [-0.39, 0.29) is 6.03 Å². The van der Waals surface area contributed by atoms with Gasteiger partial charge < -0.3 is 15.4 Å². The van der Waals surface area contributed by atoms with Gasteiger partial charge in [-0.2, -0.15) is 0 Å². The lowest BCUT2D eigenvalue weighted by molar-refractivity contribution is 0.241. The summed E-state index contributed by atoms with van der Waals surface area (Å²) in [4.78, 5) is 11.8. The summed E-state index contributed by atoms with van der Waals surface area (Å²) < 4.78 is 5.29. The number of carbonyl (C=O) groups excluding carboxylic acids is 1. The minimum atomic E-state index is -0.158. The van der Waals surface area contributed by atoms with E-state index < -0.39 is 0 Å². The van der Waals surface area contributed by atoms with Crippen molar-refractivity contribution in [1.29, 1.82) is 0 Å². The van der Waals surface area contributed by atoms with E-state index in [4.69, 9.17) is 16.3 Å². The topological polar surface area (TPSA) is 50.4 Å². The first-order valence-electron chi connectivity index (χ1n) is 7.57.